The first-order valence-electron chi connectivity index (χ1n) is 10.5. The molecule has 1 fully saturated rings. The maximum Gasteiger partial charge on any atom is 0.237 e. The van der Waals surface area contributed by atoms with Crippen LogP contribution >= 0.6 is 0 Å². The van der Waals surface area contributed by atoms with Crippen molar-refractivity contribution in [3.63, 3.8) is 0 Å². The molecule has 2 N–H and O–H groups in total. The summed E-state index contributed by atoms with van der Waals surface area (Å²) in [5, 5.41) is 6.66. The van der Waals surface area contributed by atoms with E-state index in [1.54, 1.807) is 0 Å². The fourth-order valence-electron chi connectivity index (χ4n) is 4.31. The minimum absolute atomic E-state index is 0.0742. The first-order chi connectivity index (χ1) is 14.1. The third-order valence-electron chi connectivity index (χ3n) is 6.13. The average molecular weight is 397 g/mol. The van der Waals surface area contributed by atoms with Crippen molar-refractivity contribution in [3.05, 3.63) is 65.5 Å². The maximum atomic E-state index is 13.1. The predicted molar refractivity (Wildman–Crippen MR) is 114 cm³/mol. The number of carbonyl (C=O) groups is 1. The third kappa shape index (κ3) is 4.60. The van der Waals surface area contributed by atoms with Crippen molar-refractivity contribution in [1.29, 1.82) is 0 Å². The van der Waals surface area contributed by atoms with Crippen LogP contribution in [0.15, 0.2) is 48.5 Å². The second kappa shape index (κ2) is 8.93. The van der Waals surface area contributed by atoms with Gasteiger partial charge in [0, 0.05) is 44.5 Å². The number of nitrogens with zero attached hydrogens (tertiary/aromatic N) is 2. The van der Waals surface area contributed by atoms with Crippen LogP contribution in [0.4, 0.5) is 10.1 Å². The summed E-state index contributed by atoms with van der Waals surface area (Å²) < 4.78 is 13.1. The van der Waals surface area contributed by atoms with Crippen LogP contribution in [0.5, 0.6) is 0 Å². The maximum absolute atomic E-state index is 13.1. The van der Waals surface area contributed by atoms with Crippen LogP contribution in [-0.4, -0.2) is 56.1 Å². The fourth-order valence-corrected chi connectivity index (χ4v) is 4.31. The van der Waals surface area contributed by atoms with Gasteiger partial charge in [0.25, 0.3) is 0 Å². The number of fused-ring (bicyclic) bond motifs is 1. The third-order valence-corrected chi connectivity index (χ3v) is 6.13. The molecule has 0 spiro atoms. The van der Waals surface area contributed by atoms with E-state index in [0.717, 1.165) is 44.8 Å². The SMILES string of the molecule is CC(C(=O)NCC1NCCc2ccccc21)N1CCN(c2ccc(F)cc2)CC1. The Morgan fingerprint density at radius 3 is 2.62 bits per heavy atom. The lowest BCUT2D eigenvalue weighted by molar-refractivity contribution is -0.126. The molecular formula is C23H29FN4O. The van der Waals surface area contributed by atoms with Gasteiger partial charge in [0.05, 0.1) is 6.04 Å². The van der Waals surface area contributed by atoms with Crippen molar-refractivity contribution in [2.75, 3.05) is 44.2 Å². The predicted octanol–water partition coefficient (Wildman–Crippen LogP) is 2.34. The smallest absolute Gasteiger partial charge is 0.237 e. The lowest BCUT2D eigenvalue weighted by atomic mass is 9.94. The molecule has 6 heteroatoms. The Kier molecular flexibility index (Phi) is 6.11. The van der Waals surface area contributed by atoms with E-state index < -0.39 is 0 Å². The Labute approximate surface area is 171 Å². The number of piperazine rings is 1. The molecule has 2 heterocycles. The minimum atomic E-state index is -0.215. The number of amides is 1. The number of anilines is 1. The standard InChI is InChI=1S/C23H29FN4O/c1-17(27-12-14-28(15-13-27)20-8-6-19(24)7-9-20)23(29)26-16-22-21-5-3-2-4-18(21)10-11-25-22/h2-9,17,22,25H,10-16H2,1H3,(H,26,29). The average Bonchev–Trinajstić information content (AvgIpc) is 2.77. The molecule has 4 rings (SSSR count). The van der Waals surface area contributed by atoms with Crippen molar-refractivity contribution >= 4 is 11.6 Å². The van der Waals surface area contributed by atoms with Gasteiger partial charge in [-0.1, -0.05) is 24.3 Å². The summed E-state index contributed by atoms with van der Waals surface area (Å²) in [5.41, 5.74) is 3.69. The lowest BCUT2D eigenvalue weighted by Crippen LogP contribution is -2.54. The zero-order valence-corrected chi connectivity index (χ0v) is 16.9. The Balaban J connectivity index is 1.27. The van der Waals surface area contributed by atoms with E-state index in [2.05, 4.69) is 44.7 Å². The van der Waals surface area contributed by atoms with Gasteiger partial charge < -0.3 is 15.5 Å². The Morgan fingerprint density at radius 1 is 1.14 bits per heavy atom. The molecule has 2 aromatic rings. The molecule has 0 aromatic heterocycles. The zero-order chi connectivity index (χ0) is 20.2. The van der Waals surface area contributed by atoms with Gasteiger partial charge in [-0.05, 0) is 55.3 Å². The van der Waals surface area contributed by atoms with Crippen molar-refractivity contribution in [1.82, 2.24) is 15.5 Å². The fraction of sp³-hybridized carbons (Fsp3) is 0.435. The summed E-state index contributed by atoms with van der Waals surface area (Å²) >= 11 is 0. The highest BCUT2D eigenvalue weighted by molar-refractivity contribution is 5.81. The Hall–Kier alpha value is -2.44. The van der Waals surface area contributed by atoms with Gasteiger partial charge in [0.2, 0.25) is 5.91 Å². The van der Waals surface area contributed by atoms with Crippen LogP contribution in [0.25, 0.3) is 0 Å². The molecular weight excluding hydrogens is 367 g/mol. The van der Waals surface area contributed by atoms with Crippen LogP contribution in [0.2, 0.25) is 0 Å². The number of rotatable bonds is 5. The van der Waals surface area contributed by atoms with E-state index >= 15 is 0 Å². The number of nitrogens with one attached hydrogen (secondary N) is 2. The van der Waals surface area contributed by atoms with Crippen LogP contribution in [0, 0.1) is 5.82 Å². The number of hydrogen-bond donors (Lipinski definition) is 2. The number of hydrogen-bond acceptors (Lipinski definition) is 4. The van der Waals surface area contributed by atoms with Crippen molar-refractivity contribution in [2.24, 2.45) is 0 Å². The molecule has 29 heavy (non-hydrogen) atoms. The largest absolute Gasteiger partial charge is 0.369 e. The van der Waals surface area contributed by atoms with Crippen LogP contribution in [0.3, 0.4) is 0 Å². The molecule has 2 aliphatic heterocycles. The summed E-state index contributed by atoms with van der Waals surface area (Å²) in [7, 11) is 0. The highest BCUT2D eigenvalue weighted by atomic mass is 19.1. The first kappa shape index (κ1) is 19.9. The summed E-state index contributed by atoms with van der Waals surface area (Å²) in [4.78, 5) is 17.2. The van der Waals surface area contributed by atoms with Gasteiger partial charge in [-0.15, -0.1) is 0 Å². The van der Waals surface area contributed by atoms with E-state index in [-0.39, 0.29) is 23.8 Å². The quantitative estimate of drug-likeness (QED) is 0.815. The number of halogens is 1. The molecule has 2 unspecified atom stereocenters. The summed E-state index contributed by atoms with van der Waals surface area (Å²) in [6.07, 6.45) is 1.04. The van der Waals surface area contributed by atoms with Gasteiger partial charge in [0.1, 0.15) is 5.82 Å². The molecule has 0 aliphatic carbocycles. The Bertz CT molecular complexity index is 833. The van der Waals surface area contributed by atoms with Gasteiger partial charge in [-0.3, -0.25) is 9.69 Å². The van der Waals surface area contributed by atoms with Crippen molar-refractivity contribution in [2.45, 2.75) is 25.4 Å². The molecule has 0 radical (unpaired) electrons. The topological polar surface area (TPSA) is 47.6 Å². The van der Waals surface area contributed by atoms with Gasteiger partial charge in [0.15, 0.2) is 0 Å². The molecule has 5 nitrogen and oxygen atoms in total. The lowest BCUT2D eigenvalue weighted by Gasteiger charge is -2.38. The van der Waals surface area contributed by atoms with E-state index in [9.17, 15) is 9.18 Å². The van der Waals surface area contributed by atoms with Crippen LogP contribution in [-0.2, 0) is 11.2 Å². The van der Waals surface area contributed by atoms with E-state index in [4.69, 9.17) is 0 Å². The molecule has 0 saturated carbocycles. The molecule has 1 amide bonds. The number of carbonyl (C=O) groups excluding carboxylic acids is 1. The minimum Gasteiger partial charge on any atom is -0.369 e. The summed E-state index contributed by atoms with van der Waals surface area (Å²) in [5.74, 6) is -0.141. The molecule has 2 atom stereocenters. The summed E-state index contributed by atoms with van der Waals surface area (Å²) in [6, 6.07) is 15.1. The highest BCUT2D eigenvalue weighted by Crippen LogP contribution is 2.22. The highest BCUT2D eigenvalue weighted by Gasteiger charge is 2.27. The van der Waals surface area contributed by atoms with Gasteiger partial charge in [-0.2, -0.15) is 0 Å². The molecule has 2 aromatic carbocycles. The van der Waals surface area contributed by atoms with E-state index in [0.29, 0.717) is 6.54 Å². The van der Waals surface area contributed by atoms with Gasteiger partial charge in [-0.25, -0.2) is 4.39 Å². The first-order valence-corrected chi connectivity index (χ1v) is 10.5. The number of benzene rings is 2. The van der Waals surface area contributed by atoms with E-state index in [1.165, 1.54) is 23.3 Å². The monoisotopic (exact) mass is 396 g/mol. The van der Waals surface area contributed by atoms with Crippen molar-refractivity contribution < 1.29 is 9.18 Å². The second-order valence-electron chi connectivity index (χ2n) is 7.88. The van der Waals surface area contributed by atoms with Crippen molar-refractivity contribution in [3.8, 4) is 0 Å². The van der Waals surface area contributed by atoms with Gasteiger partial charge >= 0.3 is 0 Å². The summed E-state index contributed by atoms with van der Waals surface area (Å²) in [6.45, 7) is 6.83. The zero-order valence-electron chi connectivity index (χ0n) is 16.9. The normalized spacial score (nSPS) is 20.8. The molecule has 2 aliphatic rings. The Morgan fingerprint density at radius 2 is 1.86 bits per heavy atom. The molecule has 1 saturated heterocycles. The van der Waals surface area contributed by atoms with Crippen LogP contribution < -0.4 is 15.5 Å². The van der Waals surface area contributed by atoms with Crippen LogP contribution in [0.1, 0.15) is 24.1 Å². The molecule has 0 bridgehead atoms. The molecule has 154 valence electrons. The second-order valence-corrected chi connectivity index (χ2v) is 7.88. The van der Waals surface area contributed by atoms with E-state index in [1.807, 2.05) is 19.1 Å².